The van der Waals surface area contributed by atoms with Crippen molar-refractivity contribution in [1.82, 2.24) is 4.90 Å². The number of benzene rings is 2. The van der Waals surface area contributed by atoms with Crippen LogP contribution in [0.4, 0.5) is 10.1 Å². The number of carbonyl (C=O) groups is 1. The normalized spacial score (nSPS) is 18.0. The lowest BCUT2D eigenvalue weighted by atomic mass is 9.98. The number of aliphatic imine (C=N–C) groups is 2. The summed E-state index contributed by atoms with van der Waals surface area (Å²) >= 11 is 1.40. The van der Waals surface area contributed by atoms with Crippen LogP contribution in [-0.2, 0) is 4.79 Å². The van der Waals surface area contributed by atoms with Crippen LogP contribution in [0.2, 0.25) is 0 Å². The summed E-state index contributed by atoms with van der Waals surface area (Å²) in [5, 5.41) is 3.70. The van der Waals surface area contributed by atoms with Gasteiger partial charge < -0.3 is 10.2 Å². The summed E-state index contributed by atoms with van der Waals surface area (Å²) < 4.78 is 13.5. The van der Waals surface area contributed by atoms with Gasteiger partial charge in [0.15, 0.2) is 5.66 Å². The first-order chi connectivity index (χ1) is 15.0. The number of amides is 1. The molecule has 0 aromatic heterocycles. The summed E-state index contributed by atoms with van der Waals surface area (Å²) in [6.07, 6.45) is 1.70. The van der Waals surface area contributed by atoms with Gasteiger partial charge in [0.05, 0.1) is 11.5 Å². The SMILES string of the molecule is CCN1CCC2(CC1)N=C(SCC(=O)Nc1cccc(C)c1)C(c1ccc(F)cc1)=N2. The van der Waals surface area contributed by atoms with E-state index in [-0.39, 0.29) is 17.5 Å². The molecular formula is C24H27FN4OS. The van der Waals surface area contributed by atoms with Crippen molar-refractivity contribution >= 4 is 34.1 Å². The van der Waals surface area contributed by atoms with Crippen LogP contribution in [0.5, 0.6) is 0 Å². The summed E-state index contributed by atoms with van der Waals surface area (Å²) in [5.74, 6) is -0.125. The third-order valence-corrected chi connectivity index (χ3v) is 6.66. The molecule has 5 nitrogen and oxygen atoms in total. The van der Waals surface area contributed by atoms with Crippen LogP contribution in [-0.4, -0.2) is 52.6 Å². The van der Waals surface area contributed by atoms with Crippen LogP contribution in [0.15, 0.2) is 58.5 Å². The first-order valence-corrected chi connectivity index (χ1v) is 11.6. The summed E-state index contributed by atoms with van der Waals surface area (Å²) in [5.41, 5.74) is 3.01. The topological polar surface area (TPSA) is 57.1 Å². The van der Waals surface area contributed by atoms with Crippen LogP contribution < -0.4 is 5.32 Å². The number of aryl methyl sites for hydroxylation is 1. The lowest BCUT2D eigenvalue weighted by Gasteiger charge is -2.34. The maximum Gasteiger partial charge on any atom is 0.234 e. The number of piperidine rings is 1. The summed E-state index contributed by atoms with van der Waals surface area (Å²) in [6, 6.07) is 14.1. The van der Waals surface area contributed by atoms with Crippen LogP contribution in [0.3, 0.4) is 0 Å². The van der Waals surface area contributed by atoms with E-state index in [1.807, 2.05) is 31.2 Å². The number of halogens is 1. The molecule has 0 unspecified atom stereocenters. The van der Waals surface area contributed by atoms with Gasteiger partial charge in [-0.3, -0.25) is 9.79 Å². The molecule has 4 rings (SSSR count). The molecule has 0 bridgehead atoms. The number of hydrogen-bond donors (Lipinski definition) is 1. The van der Waals surface area contributed by atoms with Gasteiger partial charge in [-0.2, -0.15) is 0 Å². The summed E-state index contributed by atoms with van der Waals surface area (Å²) in [4.78, 5) is 24.9. The average molecular weight is 439 g/mol. The number of nitrogens with zero attached hydrogens (tertiary/aromatic N) is 3. The molecule has 162 valence electrons. The fourth-order valence-corrected chi connectivity index (χ4v) is 4.80. The number of rotatable bonds is 5. The third kappa shape index (κ3) is 5.22. The third-order valence-electron chi connectivity index (χ3n) is 5.70. The maximum absolute atomic E-state index is 13.5. The maximum atomic E-state index is 13.5. The van der Waals surface area contributed by atoms with Crippen LogP contribution in [0, 0.1) is 12.7 Å². The number of anilines is 1. The van der Waals surface area contributed by atoms with Gasteiger partial charge in [0.2, 0.25) is 5.91 Å². The molecule has 2 aromatic rings. The molecule has 0 radical (unpaired) electrons. The van der Waals surface area contributed by atoms with Gasteiger partial charge in [0.25, 0.3) is 0 Å². The van der Waals surface area contributed by atoms with E-state index in [2.05, 4.69) is 17.1 Å². The van der Waals surface area contributed by atoms with Gasteiger partial charge in [0, 0.05) is 37.2 Å². The second kappa shape index (κ2) is 9.32. The second-order valence-corrected chi connectivity index (χ2v) is 8.97. The van der Waals surface area contributed by atoms with Gasteiger partial charge in [0.1, 0.15) is 10.9 Å². The van der Waals surface area contributed by atoms with E-state index in [1.54, 1.807) is 12.1 Å². The molecule has 1 spiro atoms. The Morgan fingerprint density at radius 2 is 1.90 bits per heavy atom. The molecule has 1 saturated heterocycles. The number of hydrogen-bond acceptors (Lipinski definition) is 5. The predicted octanol–water partition coefficient (Wildman–Crippen LogP) is 4.52. The van der Waals surface area contributed by atoms with E-state index in [4.69, 9.17) is 9.98 Å². The van der Waals surface area contributed by atoms with E-state index in [1.165, 1.54) is 23.9 Å². The zero-order valence-corrected chi connectivity index (χ0v) is 18.7. The minimum absolute atomic E-state index is 0.0847. The molecule has 7 heteroatoms. The Morgan fingerprint density at radius 1 is 1.16 bits per heavy atom. The number of thioether (sulfide) groups is 1. The Morgan fingerprint density at radius 3 is 2.58 bits per heavy atom. The molecule has 0 saturated carbocycles. The van der Waals surface area contributed by atoms with Gasteiger partial charge >= 0.3 is 0 Å². The monoisotopic (exact) mass is 438 g/mol. The highest BCUT2D eigenvalue weighted by Crippen LogP contribution is 2.35. The number of likely N-dealkylation sites (tertiary alicyclic amines) is 1. The highest BCUT2D eigenvalue weighted by atomic mass is 32.2. The predicted molar refractivity (Wildman–Crippen MR) is 127 cm³/mol. The van der Waals surface area contributed by atoms with Crippen molar-refractivity contribution in [2.24, 2.45) is 9.98 Å². The smallest absolute Gasteiger partial charge is 0.234 e. The van der Waals surface area contributed by atoms with Crippen LogP contribution in [0.25, 0.3) is 0 Å². The van der Waals surface area contributed by atoms with Crippen LogP contribution >= 0.6 is 11.8 Å². The molecule has 2 heterocycles. The Hall–Kier alpha value is -2.51. The van der Waals surface area contributed by atoms with Crippen molar-refractivity contribution < 1.29 is 9.18 Å². The number of nitrogens with one attached hydrogen (secondary N) is 1. The van der Waals surface area contributed by atoms with E-state index in [0.717, 1.165) is 60.0 Å². The molecule has 2 aliphatic heterocycles. The van der Waals surface area contributed by atoms with E-state index in [9.17, 15) is 9.18 Å². The van der Waals surface area contributed by atoms with Gasteiger partial charge in [-0.05, 0) is 55.4 Å². The molecular weight excluding hydrogens is 411 g/mol. The summed E-state index contributed by atoms with van der Waals surface area (Å²) in [7, 11) is 0. The largest absolute Gasteiger partial charge is 0.325 e. The van der Waals surface area contributed by atoms with E-state index >= 15 is 0 Å². The van der Waals surface area contributed by atoms with Crippen LogP contribution in [0.1, 0.15) is 30.9 Å². The standard InChI is InChI=1S/C24H27FN4OS/c1-3-29-13-11-24(12-14-29)27-22(18-7-9-19(25)10-8-18)23(28-24)31-16-21(30)26-20-6-4-5-17(2)15-20/h4-10,15H,3,11-14,16H2,1-2H3,(H,26,30). The Kier molecular flexibility index (Phi) is 6.53. The van der Waals surface area contributed by atoms with Crippen molar-refractivity contribution in [2.75, 3.05) is 30.7 Å². The highest BCUT2D eigenvalue weighted by Gasteiger charge is 2.39. The highest BCUT2D eigenvalue weighted by molar-refractivity contribution is 8.16. The molecule has 2 aliphatic rings. The first kappa shape index (κ1) is 21.7. The fourth-order valence-electron chi connectivity index (χ4n) is 3.92. The lowest BCUT2D eigenvalue weighted by molar-refractivity contribution is -0.113. The molecule has 1 fully saturated rings. The van der Waals surface area contributed by atoms with Crippen molar-refractivity contribution in [1.29, 1.82) is 0 Å². The summed E-state index contributed by atoms with van der Waals surface area (Å²) in [6.45, 7) is 7.08. The van der Waals surface area contributed by atoms with E-state index in [0.29, 0.717) is 0 Å². The molecule has 1 amide bonds. The quantitative estimate of drug-likeness (QED) is 0.747. The zero-order chi connectivity index (χ0) is 21.8. The molecule has 0 aliphatic carbocycles. The lowest BCUT2D eigenvalue weighted by Crippen LogP contribution is -2.41. The van der Waals surface area contributed by atoms with Crippen molar-refractivity contribution in [3.8, 4) is 0 Å². The molecule has 2 aromatic carbocycles. The Balaban J connectivity index is 1.50. The average Bonchev–Trinajstić information content (AvgIpc) is 3.11. The number of carbonyl (C=O) groups excluding carboxylic acids is 1. The minimum Gasteiger partial charge on any atom is -0.325 e. The van der Waals surface area contributed by atoms with Gasteiger partial charge in [-0.15, -0.1) is 0 Å². The van der Waals surface area contributed by atoms with E-state index < -0.39 is 5.66 Å². The first-order valence-electron chi connectivity index (χ1n) is 10.6. The van der Waals surface area contributed by atoms with Gasteiger partial charge in [-0.1, -0.05) is 30.8 Å². The Bertz CT molecular complexity index is 1010. The Labute approximate surface area is 186 Å². The van der Waals surface area contributed by atoms with Crippen molar-refractivity contribution in [2.45, 2.75) is 32.4 Å². The molecule has 31 heavy (non-hydrogen) atoms. The molecule has 0 atom stereocenters. The minimum atomic E-state index is -0.468. The van der Waals surface area contributed by atoms with Gasteiger partial charge in [-0.25, -0.2) is 9.38 Å². The van der Waals surface area contributed by atoms with Crippen molar-refractivity contribution in [3.05, 3.63) is 65.5 Å². The second-order valence-electron chi connectivity index (χ2n) is 8.01. The fraction of sp³-hybridized carbons (Fsp3) is 0.375. The van der Waals surface area contributed by atoms with Crippen molar-refractivity contribution in [3.63, 3.8) is 0 Å². The molecule has 1 N–H and O–H groups in total. The zero-order valence-electron chi connectivity index (χ0n) is 17.9.